The van der Waals surface area contributed by atoms with E-state index < -0.39 is 7.92 Å². The third kappa shape index (κ3) is 4.38. The van der Waals surface area contributed by atoms with Crippen LogP contribution in [0.3, 0.4) is 0 Å². The molecule has 0 aromatic heterocycles. The molecule has 0 saturated heterocycles. The second-order valence-corrected chi connectivity index (χ2v) is 9.36. The fourth-order valence-corrected chi connectivity index (χ4v) is 7.06. The maximum Gasteiger partial charge on any atom is -0.00449 e. The van der Waals surface area contributed by atoms with E-state index in [1.807, 2.05) is 0 Å². The molecule has 2 heteroatoms. The van der Waals surface area contributed by atoms with Crippen LogP contribution >= 0.6 is 16.5 Å². The highest BCUT2D eigenvalue weighted by molar-refractivity contribution is 7.81. The first-order valence-electron chi connectivity index (χ1n) is 9.05. The van der Waals surface area contributed by atoms with Crippen molar-refractivity contribution in [2.75, 3.05) is 6.66 Å². The molecule has 3 aromatic rings. The molecule has 3 aromatic carbocycles. The van der Waals surface area contributed by atoms with Gasteiger partial charge in [0.25, 0.3) is 0 Å². The van der Waals surface area contributed by atoms with Crippen LogP contribution < -0.4 is 21.2 Å². The van der Waals surface area contributed by atoms with Crippen LogP contribution in [-0.4, -0.2) is 6.66 Å². The molecule has 0 amide bonds. The topological polar surface area (TPSA) is 0 Å². The van der Waals surface area contributed by atoms with Crippen molar-refractivity contribution in [3.63, 3.8) is 0 Å². The van der Waals surface area contributed by atoms with Crippen LogP contribution in [0.5, 0.6) is 0 Å². The number of rotatable bonds is 7. The van der Waals surface area contributed by atoms with Crippen LogP contribution in [0.1, 0.15) is 25.3 Å². The van der Waals surface area contributed by atoms with Gasteiger partial charge in [0.05, 0.1) is 0 Å². The van der Waals surface area contributed by atoms with E-state index in [1.165, 1.54) is 35.2 Å². The number of aryl methyl sites for hydroxylation is 1. The largest absolute Gasteiger partial charge is 0.0929 e. The predicted molar refractivity (Wildman–Crippen MR) is 118 cm³/mol. The smallest absolute Gasteiger partial charge is 0.00449 e. The Kier molecular flexibility index (Phi) is 6.80. The van der Waals surface area contributed by atoms with E-state index in [4.69, 9.17) is 0 Å². The van der Waals surface area contributed by atoms with E-state index in [-0.39, 0.29) is 0 Å². The molecule has 3 rings (SSSR count). The zero-order valence-corrected chi connectivity index (χ0v) is 17.0. The molecule has 0 N–H and O–H groups in total. The van der Waals surface area contributed by atoms with E-state index in [9.17, 15) is 0 Å². The van der Waals surface area contributed by atoms with Gasteiger partial charge in [0.1, 0.15) is 0 Å². The fraction of sp³-hybridized carbons (Fsp3) is 0.217. The van der Waals surface area contributed by atoms with Gasteiger partial charge in [0.2, 0.25) is 0 Å². The zero-order chi connectivity index (χ0) is 17.5. The lowest BCUT2D eigenvalue weighted by molar-refractivity contribution is 0.798. The molecule has 0 aliphatic carbocycles. The Bertz CT molecular complexity index is 742. The average Bonchev–Trinajstić information content (AvgIpc) is 2.69. The zero-order valence-electron chi connectivity index (χ0n) is 15.1. The molecule has 0 aliphatic heterocycles. The molecule has 25 heavy (non-hydrogen) atoms. The first-order chi connectivity index (χ1) is 12.3. The molecular formula is C23H26P2. The maximum absolute atomic E-state index is 2.36. The molecule has 0 radical (unpaired) electrons. The van der Waals surface area contributed by atoms with Crippen LogP contribution in [0.15, 0.2) is 78.9 Å². The highest BCUT2D eigenvalue weighted by atomic mass is 31.1. The van der Waals surface area contributed by atoms with Crippen molar-refractivity contribution in [2.24, 2.45) is 0 Å². The van der Waals surface area contributed by atoms with Crippen LogP contribution in [0.4, 0.5) is 0 Å². The molecule has 0 heterocycles. The van der Waals surface area contributed by atoms with Crippen molar-refractivity contribution in [2.45, 2.75) is 26.2 Å². The Hall–Kier alpha value is -1.48. The second kappa shape index (κ2) is 9.28. The standard InChI is InChI=1S/C23H26P2/c1-3-4-12-19-13-11-18-22(24-2)23(19)25(20-14-7-5-8-15-20)21-16-9-6-10-17-21/h5-11,13-18,24H,3-4,12H2,1-2H3. The number of benzene rings is 3. The Labute approximate surface area is 155 Å². The summed E-state index contributed by atoms with van der Waals surface area (Å²) in [6.07, 6.45) is 3.69. The van der Waals surface area contributed by atoms with Crippen molar-refractivity contribution in [3.8, 4) is 0 Å². The van der Waals surface area contributed by atoms with Crippen LogP contribution in [0.25, 0.3) is 0 Å². The Balaban J connectivity index is 2.20. The summed E-state index contributed by atoms with van der Waals surface area (Å²) in [7, 11) is 0.326. The normalized spacial score (nSPS) is 11.5. The minimum Gasteiger partial charge on any atom is -0.0929 e. The molecule has 0 spiro atoms. The van der Waals surface area contributed by atoms with Gasteiger partial charge in [-0.3, -0.25) is 0 Å². The van der Waals surface area contributed by atoms with Gasteiger partial charge in [-0.15, -0.1) is 0 Å². The third-order valence-electron chi connectivity index (χ3n) is 4.44. The Morgan fingerprint density at radius 1 is 0.760 bits per heavy atom. The van der Waals surface area contributed by atoms with Gasteiger partial charge >= 0.3 is 0 Å². The maximum atomic E-state index is 2.36. The highest BCUT2D eigenvalue weighted by Crippen LogP contribution is 2.35. The van der Waals surface area contributed by atoms with Crippen molar-refractivity contribution < 1.29 is 0 Å². The summed E-state index contributed by atoms with van der Waals surface area (Å²) in [5, 5.41) is 6.04. The lowest BCUT2D eigenvalue weighted by atomic mass is 10.1. The van der Waals surface area contributed by atoms with Crippen molar-refractivity contribution in [1.29, 1.82) is 0 Å². The molecule has 1 unspecified atom stereocenters. The first-order valence-corrected chi connectivity index (χ1v) is 11.9. The van der Waals surface area contributed by atoms with Crippen molar-refractivity contribution in [3.05, 3.63) is 84.4 Å². The molecule has 0 fully saturated rings. The summed E-state index contributed by atoms with van der Waals surface area (Å²) in [6, 6.07) is 29.1. The van der Waals surface area contributed by atoms with Crippen LogP contribution in [0, 0.1) is 0 Å². The summed E-state index contributed by atoms with van der Waals surface area (Å²) in [5.41, 5.74) is 1.55. The monoisotopic (exact) mass is 364 g/mol. The number of unbranched alkanes of at least 4 members (excludes halogenated alkanes) is 1. The lowest BCUT2D eigenvalue weighted by Gasteiger charge is -2.25. The van der Waals surface area contributed by atoms with Crippen molar-refractivity contribution in [1.82, 2.24) is 0 Å². The molecule has 0 nitrogen and oxygen atoms in total. The number of hydrogen-bond acceptors (Lipinski definition) is 0. The van der Waals surface area contributed by atoms with Crippen LogP contribution in [0.2, 0.25) is 0 Å². The van der Waals surface area contributed by atoms with E-state index in [0.717, 1.165) is 8.58 Å². The number of hydrogen-bond donors (Lipinski definition) is 0. The SMILES string of the molecule is CCCCc1cccc(PC)c1P(c1ccccc1)c1ccccc1. The second-order valence-electron chi connectivity index (χ2n) is 6.17. The van der Waals surface area contributed by atoms with Crippen LogP contribution in [-0.2, 0) is 6.42 Å². The summed E-state index contributed by atoms with van der Waals surface area (Å²) in [4.78, 5) is 0. The Morgan fingerprint density at radius 2 is 1.36 bits per heavy atom. The van der Waals surface area contributed by atoms with E-state index in [2.05, 4.69) is 92.5 Å². The molecule has 0 aliphatic rings. The van der Waals surface area contributed by atoms with Gasteiger partial charge < -0.3 is 0 Å². The quantitative estimate of drug-likeness (QED) is 0.532. The third-order valence-corrected chi connectivity index (χ3v) is 8.21. The average molecular weight is 364 g/mol. The minimum absolute atomic E-state index is 0.503. The predicted octanol–water partition coefficient (Wildman–Crippen LogP) is 4.72. The summed E-state index contributed by atoms with van der Waals surface area (Å²) < 4.78 is 0. The van der Waals surface area contributed by atoms with Crippen molar-refractivity contribution >= 4 is 37.7 Å². The van der Waals surface area contributed by atoms with Gasteiger partial charge in [0.15, 0.2) is 0 Å². The van der Waals surface area contributed by atoms with Gasteiger partial charge in [-0.2, -0.15) is 0 Å². The highest BCUT2D eigenvalue weighted by Gasteiger charge is 2.21. The molecule has 0 saturated carbocycles. The van der Waals surface area contributed by atoms with E-state index in [1.54, 1.807) is 10.9 Å². The van der Waals surface area contributed by atoms with Gasteiger partial charge in [-0.05, 0) is 54.2 Å². The fourth-order valence-electron chi connectivity index (χ4n) is 3.19. The van der Waals surface area contributed by atoms with E-state index >= 15 is 0 Å². The molecule has 1 atom stereocenters. The Morgan fingerprint density at radius 3 is 1.88 bits per heavy atom. The summed E-state index contributed by atoms with van der Waals surface area (Å²) in [5.74, 6) is 0. The first kappa shape index (κ1) is 18.3. The summed E-state index contributed by atoms with van der Waals surface area (Å²) in [6.45, 7) is 4.59. The van der Waals surface area contributed by atoms with Gasteiger partial charge in [-0.25, -0.2) is 0 Å². The molecule has 128 valence electrons. The summed E-state index contributed by atoms with van der Waals surface area (Å²) >= 11 is 0. The lowest BCUT2D eigenvalue weighted by Crippen LogP contribution is -2.31. The minimum atomic E-state index is -0.503. The molecular weight excluding hydrogens is 338 g/mol. The van der Waals surface area contributed by atoms with Gasteiger partial charge in [0, 0.05) is 0 Å². The molecule has 0 bridgehead atoms. The van der Waals surface area contributed by atoms with E-state index in [0.29, 0.717) is 0 Å². The van der Waals surface area contributed by atoms with Gasteiger partial charge in [-0.1, -0.05) is 101 Å².